The van der Waals surface area contributed by atoms with E-state index in [0.29, 0.717) is 0 Å². The Bertz CT molecular complexity index is 1130. The molecule has 0 amide bonds. The molecule has 3 aromatic rings. The number of halogens is 1. The molecule has 0 heterocycles. The van der Waals surface area contributed by atoms with Gasteiger partial charge in [-0.3, -0.25) is 0 Å². The molecule has 0 aromatic heterocycles. The maximum Gasteiger partial charge on any atom is 0.0409 e. The van der Waals surface area contributed by atoms with Crippen molar-refractivity contribution in [3.8, 4) is 22.3 Å². The minimum atomic E-state index is -0.0120. The Kier molecular flexibility index (Phi) is 3.32. The van der Waals surface area contributed by atoms with Gasteiger partial charge in [0.25, 0.3) is 0 Å². The molecule has 0 bridgehead atoms. The third kappa shape index (κ3) is 1.97. The lowest BCUT2D eigenvalue weighted by atomic mass is 9.67. The first-order chi connectivity index (χ1) is 13.5. The largest absolute Gasteiger partial charge is 0.0843 e. The molecule has 0 nitrogen and oxygen atoms in total. The van der Waals surface area contributed by atoms with Crippen molar-refractivity contribution in [1.29, 1.82) is 0 Å². The Balaban J connectivity index is 1.67. The average Bonchev–Trinajstić information content (AvgIpc) is 3.09. The molecule has 0 aliphatic heterocycles. The molecule has 1 fully saturated rings. The molecule has 1 saturated carbocycles. The third-order valence-electron chi connectivity index (χ3n) is 7.73. The molecular formula is C27H25Cl. The Labute approximate surface area is 172 Å². The SMILES string of the molecule is CC1(C)c2cc(Cl)ccc2-c2cc3c(cc21)-c1ccccc1C31CCCCC1. The summed E-state index contributed by atoms with van der Waals surface area (Å²) in [4.78, 5) is 0. The van der Waals surface area contributed by atoms with E-state index < -0.39 is 0 Å². The molecule has 140 valence electrons. The van der Waals surface area contributed by atoms with Gasteiger partial charge in [0, 0.05) is 15.9 Å². The number of benzene rings is 3. The first kappa shape index (κ1) is 16.9. The number of hydrogen-bond donors (Lipinski definition) is 0. The summed E-state index contributed by atoms with van der Waals surface area (Å²) in [6, 6.07) is 20.7. The van der Waals surface area contributed by atoms with Crippen LogP contribution in [0.4, 0.5) is 0 Å². The van der Waals surface area contributed by atoms with E-state index in [2.05, 4.69) is 62.4 Å². The van der Waals surface area contributed by atoms with Crippen LogP contribution >= 0.6 is 11.6 Å². The highest BCUT2D eigenvalue weighted by Gasteiger charge is 2.46. The van der Waals surface area contributed by atoms with Crippen molar-refractivity contribution in [2.24, 2.45) is 0 Å². The highest BCUT2D eigenvalue weighted by Crippen LogP contribution is 2.59. The van der Waals surface area contributed by atoms with E-state index in [-0.39, 0.29) is 10.8 Å². The predicted octanol–water partition coefficient (Wildman–Crippen LogP) is 7.88. The van der Waals surface area contributed by atoms with E-state index in [1.165, 1.54) is 65.5 Å². The first-order valence-electron chi connectivity index (χ1n) is 10.6. The van der Waals surface area contributed by atoms with E-state index in [4.69, 9.17) is 11.6 Å². The fraction of sp³-hybridized carbons (Fsp3) is 0.333. The fourth-order valence-electron chi connectivity index (χ4n) is 6.35. The zero-order valence-corrected chi connectivity index (χ0v) is 17.4. The van der Waals surface area contributed by atoms with Gasteiger partial charge in [0.15, 0.2) is 0 Å². The van der Waals surface area contributed by atoms with Crippen molar-refractivity contribution in [2.45, 2.75) is 56.8 Å². The van der Waals surface area contributed by atoms with Gasteiger partial charge in [0.2, 0.25) is 0 Å². The standard InChI is InChI=1S/C27H25Cl/c1-26(2)23-14-17(28)10-11-19(23)20-16-25-21(15-24(20)26)18-8-4-5-9-22(18)27(25)12-6-3-7-13-27/h4-5,8-11,14-16H,3,6-7,12-13H2,1-2H3. The number of rotatable bonds is 0. The van der Waals surface area contributed by atoms with Crippen LogP contribution in [0.2, 0.25) is 5.02 Å². The second-order valence-corrected chi connectivity index (χ2v) is 9.88. The molecule has 0 unspecified atom stereocenters. The Morgan fingerprint density at radius 2 is 1.29 bits per heavy atom. The third-order valence-corrected chi connectivity index (χ3v) is 7.97. The summed E-state index contributed by atoms with van der Waals surface area (Å²) in [7, 11) is 0. The van der Waals surface area contributed by atoms with Crippen LogP contribution in [0.5, 0.6) is 0 Å². The first-order valence-corrected chi connectivity index (χ1v) is 11.0. The molecule has 28 heavy (non-hydrogen) atoms. The topological polar surface area (TPSA) is 0 Å². The zero-order chi connectivity index (χ0) is 19.1. The monoisotopic (exact) mass is 384 g/mol. The van der Waals surface area contributed by atoms with Crippen LogP contribution in [-0.4, -0.2) is 0 Å². The molecule has 1 heteroatoms. The molecule has 1 spiro atoms. The highest BCUT2D eigenvalue weighted by molar-refractivity contribution is 6.30. The van der Waals surface area contributed by atoms with Gasteiger partial charge in [0.1, 0.15) is 0 Å². The summed E-state index contributed by atoms with van der Waals surface area (Å²) in [5.41, 5.74) is 11.9. The molecule has 6 rings (SSSR count). The van der Waals surface area contributed by atoms with Gasteiger partial charge in [0.05, 0.1) is 0 Å². The quantitative estimate of drug-likeness (QED) is 0.369. The average molecular weight is 385 g/mol. The lowest BCUT2D eigenvalue weighted by Gasteiger charge is -2.36. The van der Waals surface area contributed by atoms with Crippen LogP contribution in [0.25, 0.3) is 22.3 Å². The lowest BCUT2D eigenvalue weighted by molar-refractivity contribution is 0.353. The van der Waals surface area contributed by atoms with E-state index in [1.54, 1.807) is 11.1 Å². The summed E-state index contributed by atoms with van der Waals surface area (Å²) in [5.74, 6) is 0. The molecule has 3 aromatic carbocycles. The Hall–Kier alpha value is -2.05. The molecule has 0 N–H and O–H groups in total. The summed E-state index contributed by atoms with van der Waals surface area (Å²) < 4.78 is 0. The van der Waals surface area contributed by atoms with Crippen molar-refractivity contribution in [3.05, 3.63) is 81.9 Å². The molecular weight excluding hydrogens is 360 g/mol. The van der Waals surface area contributed by atoms with Crippen LogP contribution in [0.3, 0.4) is 0 Å². The smallest absolute Gasteiger partial charge is 0.0409 e. The zero-order valence-electron chi connectivity index (χ0n) is 16.6. The minimum absolute atomic E-state index is 0.0120. The normalized spacial score (nSPS) is 19.8. The van der Waals surface area contributed by atoms with E-state index in [9.17, 15) is 0 Å². The summed E-state index contributed by atoms with van der Waals surface area (Å²) in [6.45, 7) is 4.69. The Morgan fingerprint density at radius 3 is 2.11 bits per heavy atom. The van der Waals surface area contributed by atoms with Crippen LogP contribution in [0, 0.1) is 0 Å². The van der Waals surface area contributed by atoms with Gasteiger partial charge in [-0.05, 0) is 81.6 Å². The van der Waals surface area contributed by atoms with Crippen LogP contribution in [0.1, 0.15) is 68.2 Å². The van der Waals surface area contributed by atoms with Crippen molar-refractivity contribution in [2.75, 3.05) is 0 Å². The maximum absolute atomic E-state index is 6.38. The fourth-order valence-corrected chi connectivity index (χ4v) is 6.52. The van der Waals surface area contributed by atoms with Gasteiger partial charge in [-0.1, -0.05) is 75.0 Å². The molecule has 3 aliphatic carbocycles. The summed E-state index contributed by atoms with van der Waals surface area (Å²) in [6.07, 6.45) is 6.61. The highest BCUT2D eigenvalue weighted by atomic mass is 35.5. The number of hydrogen-bond acceptors (Lipinski definition) is 0. The van der Waals surface area contributed by atoms with Gasteiger partial charge in [-0.2, -0.15) is 0 Å². The van der Waals surface area contributed by atoms with Crippen molar-refractivity contribution in [3.63, 3.8) is 0 Å². The summed E-state index contributed by atoms with van der Waals surface area (Å²) >= 11 is 6.38. The maximum atomic E-state index is 6.38. The molecule has 0 saturated heterocycles. The van der Waals surface area contributed by atoms with Crippen molar-refractivity contribution >= 4 is 11.6 Å². The Morgan fingerprint density at radius 1 is 0.643 bits per heavy atom. The van der Waals surface area contributed by atoms with E-state index in [1.807, 2.05) is 6.07 Å². The van der Waals surface area contributed by atoms with Crippen LogP contribution < -0.4 is 0 Å². The van der Waals surface area contributed by atoms with Gasteiger partial charge < -0.3 is 0 Å². The van der Waals surface area contributed by atoms with Crippen molar-refractivity contribution < 1.29 is 0 Å². The summed E-state index contributed by atoms with van der Waals surface area (Å²) in [5, 5.41) is 0.835. The second-order valence-electron chi connectivity index (χ2n) is 9.45. The second kappa shape index (κ2) is 5.51. The van der Waals surface area contributed by atoms with Gasteiger partial charge in [-0.25, -0.2) is 0 Å². The van der Waals surface area contributed by atoms with Crippen LogP contribution in [0.15, 0.2) is 54.6 Å². The van der Waals surface area contributed by atoms with E-state index >= 15 is 0 Å². The number of fused-ring (bicyclic) bond motifs is 8. The van der Waals surface area contributed by atoms with E-state index in [0.717, 1.165) is 5.02 Å². The molecule has 3 aliphatic rings. The van der Waals surface area contributed by atoms with Crippen LogP contribution in [-0.2, 0) is 10.8 Å². The molecule has 0 atom stereocenters. The predicted molar refractivity (Wildman–Crippen MR) is 118 cm³/mol. The van der Waals surface area contributed by atoms with Gasteiger partial charge in [-0.15, -0.1) is 0 Å². The lowest BCUT2D eigenvalue weighted by Crippen LogP contribution is -2.28. The molecule has 0 radical (unpaired) electrons. The minimum Gasteiger partial charge on any atom is -0.0843 e. The van der Waals surface area contributed by atoms with Gasteiger partial charge >= 0.3 is 0 Å². The van der Waals surface area contributed by atoms with Crippen molar-refractivity contribution in [1.82, 2.24) is 0 Å².